The number of aryl methyl sites for hydroxylation is 1. The summed E-state index contributed by atoms with van der Waals surface area (Å²) in [6.45, 7) is 3.08. The van der Waals surface area contributed by atoms with Crippen LogP contribution in [0.15, 0.2) is 84.9 Å². The van der Waals surface area contributed by atoms with Crippen molar-refractivity contribution in [2.75, 3.05) is 6.35 Å². The molecule has 0 aliphatic rings. The lowest BCUT2D eigenvalue weighted by molar-refractivity contribution is 0.215. The van der Waals surface area contributed by atoms with Gasteiger partial charge in [0.25, 0.3) is 0 Å². The summed E-state index contributed by atoms with van der Waals surface area (Å²) < 4.78 is 17.9. The minimum atomic E-state index is -1.16. The average molecular weight is 366 g/mol. The van der Waals surface area contributed by atoms with Gasteiger partial charge in [0, 0.05) is 0 Å². The van der Waals surface area contributed by atoms with Crippen molar-refractivity contribution >= 4 is 8.38 Å². The molecule has 0 spiro atoms. The van der Waals surface area contributed by atoms with Crippen molar-refractivity contribution in [3.8, 4) is 5.75 Å². The molecule has 3 nitrogen and oxygen atoms in total. The van der Waals surface area contributed by atoms with Crippen LogP contribution in [0.5, 0.6) is 5.75 Å². The highest BCUT2D eigenvalue weighted by molar-refractivity contribution is 7.46. The summed E-state index contributed by atoms with van der Waals surface area (Å²) in [5.74, 6) is 0.828. The highest BCUT2D eigenvalue weighted by Crippen LogP contribution is 2.40. The topological polar surface area (TPSA) is 27.7 Å². The predicted molar refractivity (Wildman–Crippen MR) is 106 cm³/mol. The van der Waals surface area contributed by atoms with Crippen LogP contribution in [-0.2, 0) is 22.3 Å². The summed E-state index contributed by atoms with van der Waals surface area (Å²) >= 11 is 0. The second-order valence-corrected chi connectivity index (χ2v) is 7.38. The quantitative estimate of drug-likeness (QED) is 0.430. The van der Waals surface area contributed by atoms with Crippen molar-refractivity contribution in [3.05, 3.63) is 102 Å². The van der Waals surface area contributed by atoms with E-state index in [0.29, 0.717) is 19.6 Å². The van der Waals surface area contributed by atoms with Gasteiger partial charge in [-0.3, -0.25) is 0 Å². The standard InChI is InChI=1S/C22H23O3P/c1-19-12-14-22(15-13-19)23-18-26(24-16-20-8-4-2-5-9-20)25-17-21-10-6-3-7-11-21/h2-15H,16-18H2,1H3. The molecule has 0 amide bonds. The van der Waals surface area contributed by atoms with Crippen molar-refractivity contribution in [2.24, 2.45) is 0 Å². The van der Waals surface area contributed by atoms with Crippen molar-refractivity contribution in [3.63, 3.8) is 0 Å². The Hall–Kier alpha value is -2.19. The molecule has 26 heavy (non-hydrogen) atoms. The highest BCUT2D eigenvalue weighted by atomic mass is 31.2. The summed E-state index contributed by atoms with van der Waals surface area (Å²) in [5, 5.41) is 0. The zero-order valence-corrected chi connectivity index (χ0v) is 15.8. The lowest BCUT2D eigenvalue weighted by Crippen LogP contribution is -2.02. The van der Waals surface area contributed by atoms with Crippen molar-refractivity contribution in [1.29, 1.82) is 0 Å². The van der Waals surface area contributed by atoms with E-state index in [0.717, 1.165) is 16.9 Å². The second-order valence-electron chi connectivity index (χ2n) is 5.94. The Bertz CT molecular complexity index is 717. The highest BCUT2D eigenvalue weighted by Gasteiger charge is 2.13. The third kappa shape index (κ3) is 6.27. The van der Waals surface area contributed by atoms with Crippen LogP contribution in [-0.4, -0.2) is 6.35 Å². The number of hydrogen-bond donors (Lipinski definition) is 0. The van der Waals surface area contributed by atoms with Gasteiger partial charge < -0.3 is 13.8 Å². The van der Waals surface area contributed by atoms with E-state index in [4.69, 9.17) is 13.8 Å². The van der Waals surface area contributed by atoms with E-state index < -0.39 is 8.38 Å². The van der Waals surface area contributed by atoms with Gasteiger partial charge >= 0.3 is 0 Å². The van der Waals surface area contributed by atoms with Crippen LogP contribution < -0.4 is 4.74 Å². The van der Waals surface area contributed by atoms with Crippen LogP contribution in [0, 0.1) is 6.92 Å². The second kappa shape index (κ2) is 10.1. The lowest BCUT2D eigenvalue weighted by Gasteiger charge is -2.18. The van der Waals surface area contributed by atoms with E-state index in [1.807, 2.05) is 84.9 Å². The Labute approximate surface area is 156 Å². The zero-order valence-electron chi connectivity index (χ0n) is 14.9. The molecule has 3 aromatic rings. The molecule has 4 heteroatoms. The molecule has 3 rings (SSSR count). The number of hydrogen-bond acceptors (Lipinski definition) is 3. The number of rotatable bonds is 9. The van der Waals surface area contributed by atoms with Gasteiger partial charge in [-0.05, 0) is 30.2 Å². The maximum Gasteiger partial charge on any atom is 0.211 e. The monoisotopic (exact) mass is 366 g/mol. The first kappa shape index (κ1) is 18.6. The summed E-state index contributed by atoms with van der Waals surface area (Å²) in [4.78, 5) is 0. The first-order chi connectivity index (χ1) is 12.8. The molecule has 0 atom stereocenters. The maximum atomic E-state index is 6.01. The van der Waals surface area contributed by atoms with Crippen LogP contribution in [0.2, 0.25) is 0 Å². The van der Waals surface area contributed by atoms with E-state index in [2.05, 4.69) is 6.92 Å². The lowest BCUT2D eigenvalue weighted by atomic mass is 10.2. The molecular formula is C22H23O3P. The Morgan fingerprint density at radius 3 is 1.65 bits per heavy atom. The average Bonchev–Trinajstić information content (AvgIpc) is 2.70. The van der Waals surface area contributed by atoms with Gasteiger partial charge in [-0.15, -0.1) is 0 Å². The third-order valence-electron chi connectivity index (χ3n) is 3.79. The third-order valence-corrected chi connectivity index (χ3v) is 4.97. The SMILES string of the molecule is Cc1ccc(OCP(OCc2ccccc2)OCc2ccccc2)cc1. The molecule has 0 heterocycles. The van der Waals surface area contributed by atoms with E-state index >= 15 is 0 Å². The van der Waals surface area contributed by atoms with E-state index in [-0.39, 0.29) is 0 Å². The fraction of sp³-hybridized carbons (Fsp3) is 0.182. The van der Waals surface area contributed by atoms with Gasteiger partial charge in [0.1, 0.15) is 5.75 Å². The molecule has 0 radical (unpaired) electrons. The van der Waals surface area contributed by atoms with Gasteiger partial charge in [0.2, 0.25) is 8.38 Å². The van der Waals surface area contributed by atoms with Gasteiger partial charge in [0.15, 0.2) is 6.35 Å². The van der Waals surface area contributed by atoms with Crippen LogP contribution in [0.4, 0.5) is 0 Å². The van der Waals surface area contributed by atoms with E-state index in [1.54, 1.807) is 0 Å². The Balaban J connectivity index is 1.57. The van der Waals surface area contributed by atoms with Crippen LogP contribution >= 0.6 is 8.38 Å². The molecule has 0 saturated heterocycles. The van der Waals surface area contributed by atoms with Crippen LogP contribution in [0.3, 0.4) is 0 Å². The fourth-order valence-electron chi connectivity index (χ4n) is 2.32. The molecule has 0 N–H and O–H groups in total. The smallest absolute Gasteiger partial charge is 0.211 e. The molecule has 0 saturated carbocycles. The molecule has 0 aromatic heterocycles. The summed E-state index contributed by atoms with van der Waals surface area (Å²) in [6, 6.07) is 28.2. The van der Waals surface area contributed by atoms with Gasteiger partial charge in [-0.2, -0.15) is 0 Å². The van der Waals surface area contributed by atoms with Gasteiger partial charge in [-0.25, -0.2) is 0 Å². The minimum absolute atomic E-state index is 0.401. The summed E-state index contributed by atoms with van der Waals surface area (Å²) in [6.07, 6.45) is 0.401. The summed E-state index contributed by atoms with van der Waals surface area (Å²) in [5.41, 5.74) is 3.46. The normalized spacial score (nSPS) is 10.8. The molecule has 0 fully saturated rings. The maximum absolute atomic E-state index is 6.01. The van der Waals surface area contributed by atoms with Crippen molar-refractivity contribution in [2.45, 2.75) is 20.1 Å². The number of ether oxygens (including phenoxy) is 1. The molecule has 0 bridgehead atoms. The molecule has 0 aliphatic carbocycles. The van der Waals surface area contributed by atoms with Crippen LogP contribution in [0.1, 0.15) is 16.7 Å². The first-order valence-corrected chi connectivity index (χ1v) is 9.96. The van der Waals surface area contributed by atoms with E-state index in [1.165, 1.54) is 5.56 Å². The Kier molecular flexibility index (Phi) is 7.21. The Morgan fingerprint density at radius 2 is 1.15 bits per heavy atom. The van der Waals surface area contributed by atoms with Crippen LogP contribution in [0.25, 0.3) is 0 Å². The van der Waals surface area contributed by atoms with Gasteiger partial charge in [0.05, 0.1) is 13.2 Å². The Morgan fingerprint density at radius 1 is 0.654 bits per heavy atom. The van der Waals surface area contributed by atoms with Crippen molar-refractivity contribution in [1.82, 2.24) is 0 Å². The summed E-state index contributed by atoms with van der Waals surface area (Å²) in [7, 11) is -1.16. The molecular weight excluding hydrogens is 343 g/mol. The molecule has 134 valence electrons. The van der Waals surface area contributed by atoms with Gasteiger partial charge in [-0.1, -0.05) is 78.4 Å². The fourth-order valence-corrected chi connectivity index (χ4v) is 3.38. The first-order valence-electron chi connectivity index (χ1n) is 8.60. The minimum Gasteiger partial charge on any atom is -0.484 e. The molecule has 3 aromatic carbocycles. The zero-order chi connectivity index (χ0) is 18.0. The van der Waals surface area contributed by atoms with Crippen molar-refractivity contribution < 1.29 is 13.8 Å². The van der Waals surface area contributed by atoms with E-state index in [9.17, 15) is 0 Å². The largest absolute Gasteiger partial charge is 0.484 e. The predicted octanol–water partition coefficient (Wildman–Crippen LogP) is 6.08. The number of benzene rings is 3. The molecule has 0 unspecified atom stereocenters. The molecule has 0 aliphatic heterocycles.